The van der Waals surface area contributed by atoms with Gasteiger partial charge in [-0.05, 0) is 88.3 Å². The van der Waals surface area contributed by atoms with Crippen molar-refractivity contribution in [1.29, 1.82) is 0 Å². The fraction of sp³-hybridized carbons (Fsp3) is 0.143. The molecule has 0 N–H and O–H groups in total. The molecule has 256 valence electrons. The monoisotopic (exact) mass is 702 g/mol. The molecule has 8 aromatic rings. The van der Waals surface area contributed by atoms with Crippen LogP contribution in [-0.4, -0.2) is 0 Å². The van der Waals surface area contributed by atoms with Crippen LogP contribution in [0, 0.1) is 6.92 Å². The van der Waals surface area contributed by atoms with Gasteiger partial charge in [0, 0.05) is 32.0 Å². The molecule has 1 aromatic heterocycles. The van der Waals surface area contributed by atoms with Crippen molar-refractivity contribution in [3.63, 3.8) is 0 Å². The Labute approximate surface area is 314 Å². The summed E-state index contributed by atoms with van der Waals surface area (Å²) < 4.78 is 9.79. The SMILES string of the molecule is Cc1cccc2c1N1c3ccccc3C(C)(C)c3ccc(N(c4ccc5c(c4)C(C)(C)c4ccccc4-5)c4cccc5c4sc4ccccc45)c(c31)O2. The molecule has 1 aliphatic carbocycles. The van der Waals surface area contributed by atoms with Crippen molar-refractivity contribution >= 4 is 65.6 Å². The van der Waals surface area contributed by atoms with E-state index >= 15 is 0 Å². The van der Waals surface area contributed by atoms with Gasteiger partial charge in [0.2, 0.25) is 0 Å². The molecule has 0 saturated carbocycles. The number of aryl methyl sites for hydroxylation is 1. The molecule has 4 heteroatoms. The molecule has 0 spiro atoms. The second-order valence-electron chi connectivity index (χ2n) is 15.8. The van der Waals surface area contributed by atoms with E-state index in [-0.39, 0.29) is 10.8 Å². The van der Waals surface area contributed by atoms with Gasteiger partial charge in [0.25, 0.3) is 0 Å². The van der Waals surface area contributed by atoms with Crippen molar-refractivity contribution in [3.8, 4) is 22.6 Å². The topological polar surface area (TPSA) is 15.7 Å². The first-order valence-electron chi connectivity index (χ1n) is 18.5. The zero-order valence-corrected chi connectivity index (χ0v) is 31.3. The predicted octanol–water partition coefficient (Wildman–Crippen LogP) is 14.4. The lowest BCUT2D eigenvalue weighted by atomic mass is 9.73. The summed E-state index contributed by atoms with van der Waals surface area (Å²) in [5, 5.41) is 2.56. The molecular weight excluding hydrogens is 665 g/mol. The molecule has 0 radical (unpaired) electrons. The first-order chi connectivity index (χ1) is 25.7. The second kappa shape index (κ2) is 10.6. The highest BCUT2D eigenvalue weighted by molar-refractivity contribution is 7.26. The van der Waals surface area contributed by atoms with Crippen LogP contribution in [0.25, 0.3) is 31.3 Å². The Balaban J connectivity index is 1.23. The van der Waals surface area contributed by atoms with Crippen LogP contribution in [0.2, 0.25) is 0 Å². The number of fused-ring (bicyclic) bond motifs is 10. The highest BCUT2D eigenvalue weighted by Crippen LogP contribution is 2.64. The predicted molar refractivity (Wildman–Crippen MR) is 223 cm³/mol. The molecule has 11 rings (SSSR count). The minimum absolute atomic E-state index is 0.140. The summed E-state index contributed by atoms with van der Waals surface area (Å²) in [6.45, 7) is 11.6. The minimum atomic E-state index is -0.237. The number of hydrogen-bond donors (Lipinski definition) is 0. The van der Waals surface area contributed by atoms with Gasteiger partial charge in [0.05, 0.1) is 33.1 Å². The molecule has 3 aliphatic rings. The molecular formula is C49H38N2OS. The quantitative estimate of drug-likeness (QED) is 0.182. The number of thiophene rings is 1. The van der Waals surface area contributed by atoms with Gasteiger partial charge in [-0.2, -0.15) is 0 Å². The number of anilines is 6. The zero-order valence-electron chi connectivity index (χ0n) is 30.5. The Morgan fingerprint density at radius 3 is 2.17 bits per heavy atom. The molecule has 3 heterocycles. The zero-order chi connectivity index (χ0) is 35.8. The first kappa shape index (κ1) is 30.8. The van der Waals surface area contributed by atoms with Crippen LogP contribution < -0.4 is 14.5 Å². The van der Waals surface area contributed by atoms with Crippen LogP contribution in [0.5, 0.6) is 11.5 Å². The summed E-state index contributed by atoms with van der Waals surface area (Å²) in [6.07, 6.45) is 0. The van der Waals surface area contributed by atoms with Gasteiger partial charge in [0.15, 0.2) is 11.5 Å². The van der Waals surface area contributed by atoms with E-state index in [2.05, 4.69) is 184 Å². The van der Waals surface area contributed by atoms with E-state index in [1.165, 1.54) is 64.8 Å². The smallest absolute Gasteiger partial charge is 0.175 e. The molecule has 3 nitrogen and oxygen atoms in total. The van der Waals surface area contributed by atoms with E-state index in [1.807, 2.05) is 11.3 Å². The van der Waals surface area contributed by atoms with Gasteiger partial charge in [-0.3, -0.25) is 0 Å². The number of hydrogen-bond acceptors (Lipinski definition) is 4. The lowest BCUT2D eigenvalue weighted by Crippen LogP contribution is -2.33. The highest BCUT2D eigenvalue weighted by Gasteiger charge is 2.44. The Morgan fingerprint density at radius 1 is 0.566 bits per heavy atom. The molecule has 0 unspecified atom stereocenters. The lowest BCUT2D eigenvalue weighted by Gasteiger charge is -2.46. The van der Waals surface area contributed by atoms with Gasteiger partial charge in [-0.15, -0.1) is 11.3 Å². The lowest BCUT2D eigenvalue weighted by molar-refractivity contribution is 0.472. The van der Waals surface area contributed by atoms with Gasteiger partial charge >= 0.3 is 0 Å². The number of rotatable bonds is 3. The molecule has 0 fully saturated rings. The first-order valence-corrected chi connectivity index (χ1v) is 19.3. The third-order valence-corrected chi connectivity index (χ3v) is 13.4. The fourth-order valence-corrected chi connectivity index (χ4v) is 10.7. The molecule has 0 bridgehead atoms. The van der Waals surface area contributed by atoms with Crippen molar-refractivity contribution in [2.24, 2.45) is 0 Å². The standard InChI is InChI=1S/C49H38N2OS/c1-29-14-12-22-42-44(29)51-39-20-10-9-19-36(39)49(4,5)37-26-27-40(46(52-42)45(37)51)50(41-21-13-17-34-33-16-7-11-23-43(33)53-47(34)41)30-24-25-32-31-15-6-8-18-35(31)48(2,3)38(32)28-30/h6-28H,1-5H3. The largest absolute Gasteiger partial charge is 0.451 e. The Kier molecular flexibility index (Phi) is 6.16. The third kappa shape index (κ3) is 4.05. The van der Waals surface area contributed by atoms with Gasteiger partial charge < -0.3 is 14.5 Å². The third-order valence-electron chi connectivity index (χ3n) is 12.2. The van der Waals surface area contributed by atoms with Crippen LogP contribution >= 0.6 is 11.3 Å². The van der Waals surface area contributed by atoms with Crippen molar-refractivity contribution in [1.82, 2.24) is 0 Å². The van der Waals surface area contributed by atoms with Crippen molar-refractivity contribution in [3.05, 3.63) is 167 Å². The second-order valence-corrected chi connectivity index (χ2v) is 16.9. The van der Waals surface area contributed by atoms with E-state index in [4.69, 9.17) is 4.74 Å². The maximum absolute atomic E-state index is 7.24. The van der Waals surface area contributed by atoms with Crippen molar-refractivity contribution in [2.75, 3.05) is 9.80 Å². The van der Waals surface area contributed by atoms with Gasteiger partial charge in [-0.25, -0.2) is 0 Å². The Bertz CT molecular complexity index is 2860. The van der Waals surface area contributed by atoms with Crippen LogP contribution in [0.1, 0.15) is 55.5 Å². The van der Waals surface area contributed by atoms with Crippen LogP contribution in [0.4, 0.5) is 34.1 Å². The van der Waals surface area contributed by atoms with E-state index in [0.717, 1.165) is 39.9 Å². The maximum atomic E-state index is 7.24. The van der Waals surface area contributed by atoms with Crippen LogP contribution in [0.3, 0.4) is 0 Å². The van der Waals surface area contributed by atoms with Crippen molar-refractivity contribution in [2.45, 2.75) is 45.4 Å². The average molecular weight is 703 g/mol. The van der Waals surface area contributed by atoms with Gasteiger partial charge in [-0.1, -0.05) is 125 Å². The van der Waals surface area contributed by atoms with Crippen LogP contribution in [-0.2, 0) is 10.8 Å². The summed E-state index contributed by atoms with van der Waals surface area (Å²) in [5.74, 6) is 1.75. The van der Waals surface area contributed by atoms with E-state index in [1.54, 1.807) is 0 Å². The maximum Gasteiger partial charge on any atom is 0.175 e. The summed E-state index contributed by atoms with van der Waals surface area (Å²) in [6, 6.07) is 51.5. The van der Waals surface area contributed by atoms with Crippen LogP contribution in [0.15, 0.2) is 140 Å². The Morgan fingerprint density at radius 2 is 1.28 bits per heavy atom. The van der Waals surface area contributed by atoms with E-state index in [0.29, 0.717) is 0 Å². The summed E-state index contributed by atoms with van der Waals surface area (Å²) in [5.41, 5.74) is 15.5. The molecule has 0 saturated heterocycles. The number of para-hydroxylation sites is 2. The molecule has 0 amide bonds. The normalized spacial score (nSPS) is 15.3. The Hall–Kier alpha value is -5.84. The number of ether oxygens (including phenoxy) is 1. The molecule has 0 atom stereocenters. The molecule has 53 heavy (non-hydrogen) atoms. The number of nitrogens with zero attached hydrogens (tertiary/aromatic N) is 2. The molecule has 2 aliphatic heterocycles. The summed E-state index contributed by atoms with van der Waals surface area (Å²) in [7, 11) is 0. The highest BCUT2D eigenvalue weighted by atomic mass is 32.1. The summed E-state index contributed by atoms with van der Waals surface area (Å²) >= 11 is 1.87. The fourth-order valence-electron chi connectivity index (χ4n) is 9.52. The minimum Gasteiger partial charge on any atom is -0.451 e. The van der Waals surface area contributed by atoms with E-state index in [9.17, 15) is 0 Å². The number of benzene rings is 7. The van der Waals surface area contributed by atoms with Gasteiger partial charge in [0.1, 0.15) is 0 Å². The summed E-state index contributed by atoms with van der Waals surface area (Å²) in [4.78, 5) is 4.95. The molecule has 7 aromatic carbocycles. The van der Waals surface area contributed by atoms with Crippen molar-refractivity contribution < 1.29 is 4.74 Å². The average Bonchev–Trinajstić information content (AvgIpc) is 3.66. The van der Waals surface area contributed by atoms with E-state index < -0.39 is 0 Å².